The Morgan fingerprint density at radius 3 is 2.64 bits per heavy atom. The molecule has 0 bridgehead atoms. The molecule has 0 radical (unpaired) electrons. The molecule has 2 amide bonds. The largest absolute Gasteiger partial charge is 0.359 e. The zero-order valence-corrected chi connectivity index (χ0v) is 15.3. The number of hydrogen-bond donors (Lipinski definition) is 2. The molecule has 132 valence electrons. The Kier molecular flexibility index (Phi) is 7.16. The summed E-state index contributed by atoms with van der Waals surface area (Å²) in [5, 5.41) is 5.99. The molecule has 7 heteroatoms. The molecular formula is C18H19ClN2O3S. The van der Waals surface area contributed by atoms with Gasteiger partial charge < -0.3 is 15.4 Å². The third-order valence-electron chi connectivity index (χ3n) is 3.70. The van der Waals surface area contributed by atoms with Crippen LogP contribution in [0.1, 0.15) is 29.9 Å². The van der Waals surface area contributed by atoms with Crippen molar-refractivity contribution in [3.63, 3.8) is 0 Å². The highest BCUT2D eigenvalue weighted by Gasteiger charge is 2.25. The molecule has 1 atom stereocenters. The molecule has 0 aliphatic carbocycles. The van der Waals surface area contributed by atoms with Crippen LogP contribution in [-0.4, -0.2) is 25.1 Å². The predicted molar refractivity (Wildman–Crippen MR) is 100 cm³/mol. The van der Waals surface area contributed by atoms with Crippen LogP contribution in [0, 0.1) is 0 Å². The standard InChI is InChI=1S/C18H19ClN2O3S/c1-20-17(24)13(8-5-9-22)14-11-15(19)25-18(14)21-16(23)10-12-6-3-2-4-7-12/h2-4,6-7,9,11,13H,5,8,10H2,1H3,(H,20,24)(H,21,23). The lowest BCUT2D eigenvalue weighted by atomic mass is 9.95. The molecule has 2 aromatic rings. The molecule has 1 aromatic heterocycles. The van der Waals surface area contributed by atoms with Crippen molar-refractivity contribution in [1.82, 2.24) is 5.32 Å². The molecule has 0 fully saturated rings. The summed E-state index contributed by atoms with van der Waals surface area (Å²) >= 11 is 7.31. The summed E-state index contributed by atoms with van der Waals surface area (Å²) in [6, 6.07) is 11.1. The maximum atomic E-state index is 12.3. The van der Waals surface area contributed by atoms with Crippen molar-refractivity contribution in [2.45, 2.75) is 25.2 Å². The highest BCUT2D eigenvalue weighted by Crippen LogP contribution is 2.38. The third-order valence-corrected chi connectivity index (χ3v) is 4.90. The van der Waals surface area contributed by atoms with Gasteiger partial charge in [0.1, 0.15) is 11.3 Å². The number of carbonyl (C=O) groups is 3. The van der Waals surface area contributed by atoms with Crippen LogP contribution in [0.5, 0.6) is 0 Å². The van der Waals surface area contributed by atoms with Gasteiger partial charge in [0.15, 0.2) is 0 Å². The van der Waals surface area contributed by atoms with Gasteiger partial charge in [0.2, 0.25) is 11.8 Å². The monoisotopic (exact) mass is 378 g/mol. The lowest BCUT2D eigenvalue weighted by Gasteiger charge is -2.15. The number of carbonyl (C=O) groups excluding carboxylic acids is 3. The normalized spacial score (nSPS) is 11.6. The molecule has 1 aromatic carbocycles. The Balaban J connectivity index is 2.19. The minimum Gasteiger partial charge on any atom is -0.359 e. The molecule has 0 aliphatic rings. The van der Waals surface area contributed by atoms with Crippen molar-refractivity contribution in [1.29, 1.82) is 0 Å². The quantitative estimate of drug-likeness (QED) is 0.691. The molecule has 1 unspecified atom stereocenters. The van der Waals surface area contributed by atoms with E-state index in [9.17, 15) is 14.4 Å². The van der Waals surface area contributed by atoms with Gasteiger partial charge in [-0.2, -0.15) is 0 Å². The molecule has 0 aliphatic heterocycles. The maximum absolute atomic E-state index is 12.3. The third kappa shape index (κ3) is 5.41. The Morgan fingerprint density at radius 1 is 1.28 bits per heavy atom. The second-order valence-corrected chi connectivity index (χ2v) is 7.14. The molecule has 2 rings (SSSR count). The van der Waals surface area contributed by atoms with Gasteiger partial charge in [-0.05, 0) is 18.1 Å². The van der Waals surface area contributed by atoms with Crippen LogP contribution in [0.4, 0.5) is 5.00 Å². The summed E-state index contributed by atoms with van der Waals surface area (Å²) in [7, 11) is 1.54. The van der Waals surface area contributed by atoms with E-state index in [1.807, 2.05) is 30.3 Å². The van der Waals surface area contributed by atoms with E-state index >= 15 is 0 Å². The second kappa shape index (κ2) is 9.34. The van der Waals surface area contributed by atoms with Crippen LogP contribution in [0.25, 0.3) is 0 Å². The van der Waals surface area contributed by atoms with E-state index in [1.54, 1.807) is 6.07 Å². The number of likely N-dealkylation sites (N-methyl/N-ethyl adjacent to an activating group) is 1. The number of amides is 2. The summed E-state index contributed by atoms with van der Waals surface area (Å²) in [5.74, 6) is -0.933. The molecule has 5 nitrogen and oxygen atoms in total. The maximum Gasteiger partial charge on any atom is 0.229 e. The van der Waals surface area contributed by atoms with Crippen molar-refractivity contribution < 1.29 is 14.4 Å². The van der Waals surface area contributed by atoms with Gasteiger partial charge in [0, 0.05) is 19.0 Å². The summed E-state index contributed by atoms with van der Waals surface area (Å²) in [6.07, 6.45) is 1.62. The fourth-order valence-corrected chi connectivity index (χ4v) is 3.73. The SMILES string of the molecule is CNC(=O)C(CCC=O)c1cc(Cl)sc1NC(=O)Cc1ccccc1. The van der Waals surface area contributed by atoms with E-state index in [1.165, 1.54) is 18.4 Å². The Bertz CT molecular complexity index is 746. The van der Waals surface area contributed by atoms with Crippen LogP contribution < -0.4 is 10.6 Å². The van der Waals surface area contributed by atoms with Crippen molar-refractivity contribution in [3.05, 3.63) is 51.9 Å². The predicted octanol–water partition coefficient (Wildman–Crippen LogP) is 3.39. The Hall–Kier alpha value is -2.18. The van der Waals surface area contributed by atoms with Crippen LogP contribution in [0.3, 0.4) is 0 Å². The van der Waals surface area contributed by atoms with Gasteiger partial charge in [0.05, 0.1) is 16.7 Å². The van der Waals surface area contributed by atoms with Gasteiger partial charge in [-0.1, -0.05) is 41.9 Å². The Labute approximate surface area is 155 Å². The molecule has 1 heterocycles. The summed E-state index contributed by atoms with van der Waals surface area (Å²) in [4.78, 5) is 35.2. The number of rotatable bonds is 8. The van der Waals surface area contributed by atoms with E-state index in [0.717, 1.165) is 11.8 Å². The summed E-state index contributed by atoms with van der Waals surface area (Å²) in [5.41, 5.74) is 1.53. The van der Waals surface area contributed by atoms with Crippen LogP contribution in [0.15, 0.2) is 36.4 Å². The number of thiophene rings is 1. The van der Waals surface area contributed by atoms with Crippen molar-refractivity contribution in [2.75, 3.05) is 12.4 Å². The van der Waals surface area contributed by atoms with Crippen LogP contribution in [-0.2, 0) is 20.8 Å². The Morgan fingerprint density at radius 2 is 2.00 bits per heavy atom. The molecule has 0 spiro atoms. The highest BCUT2D eigenvalue weighted by molar-refractivity contribution is 7.20. The van der Waals surface area contributed by atoms with Gasteiger partial charge in [-0.15, -0.1) is 11.3 Å². The molecule has 0 saturated heterocycles. The summed E-state index contributed by atoms with van der Waals surface area (Å²) in [6.45, 7) is 0. The average Bonchev–Trinajstić information content (AvgIpc) is 2.95. The van der Waals surface area contributed by atoms with E-state index < -0.39 is 5.92 Å². The molecule has 25 heavy (non-hydrogen) atoms. The zero-order valence-electron chi connectivity index (χ0n) is 13.8. The van der Waals surface area contributed by atoms with Crippen molar-refractivity contribution in [2.24, 2.45) is 0 Å². The van der Waals surface area contributed by atoms with Gasteiger partial charge in [-0.25, -0.2) is 0 Å². The van der Waals surface area contributed by atoms with Gasteiger partial charge in [-0.3, -0.25) is 9.59 Å². The average molecular weight is 379 g/mol. The van der Waals surface area contributed by atoms with E-state index in [0.29, 0.717) is 21.3 Å². The highest BCUT2D eigenvalue weighted by atomic mass is 35.5. The van der Waals surface area contributed by atoms with Crippen molar-refractivity contribution in [3.8, 4) is 0 Å². The van der Waals surface area contributed by atoms with Crippen LogP contribution >= 0.6 is 22.9 Å². The van der Waals surface area contributed by atoms with E-state index in [-0.39, 0.29) is 24.7 Å². The number of aldehydes is 1. The lowest BCUT2D eigenvalue weighted by Crippen LogP contribution is -2.26. The molecule has 2 N–H and O–H groups in total. The first-order valence-corrected chi connectivity index (χ1v) is 9.02. The van der Waals surface area contributed by atoms with E-state index in [4.69, 9.17) is 11.6 Å². The minimum absolute atomic E-state index is 0.183. The molecule has 0 saturated carbocycles. The van der Waals surface area contributed by atoms with Crippen LogP contribution in [0.2, 0.25) is 4.34 Å². The number of halogens is 1. The molecular weight excluding hydrogens is 360 g/mol. The van der Waals surface area contributed by atoms with E-state index in [2.05, 4.69) is 10.6 Å². The number of anilines is 1. The number of nitrogens with one attached hydrogen (secondary N) is 2. The first kappa shape index (κ1) is 19.1. The topological polar surface area (TPSA) is 75.3 Å². The summed E-state index contributed by atoms with van der Waals surface area (Å²) < 4.78 is 0.477. The second-order valence-electron chi connectivity index (χ2n) is 5.46. The van der Waals surface area contributed by atoms with Crippen molar-refractivity contribution >= 4 is 46.0 Å². The fraction of sp³-hybridized carbons (Fsp3) is 0.278. The fourth-order valence-electron chi connectivity index (χ4n) is 2.52. The lowest BCUT2D eigenvalue weighted by molar-refractivity contribution is -0.122. The zero-order chi connectivity index (χ0) is 18.2. The van der Waals surface area contributed by atoms with Gasteiger partial charge >= 0.3 is 0 Å². The first-order chi connectivity index (χ1) is 12.0. The smallest absolute Gasteiger partial charge is 0.229 e. The number of benzene rings is 1. The number of hydrogen-bond acceptors (Lipinski definition) is 4. The van der Waals surface area contributed by atoms with Gasteiger partial charge in [0.25, 0.3) is 0 Å². The minimum atomic E-state index is -0.536. The first-order valence-electron chi connectivity index (χ1n) is 7.83.